The van der Waals surface area contributed by atoms with Gasteiger partial charge in [0.15, 0.2) is 0 Å². The molecule has 2 rings (SSSR count). The zero-order valence-corrected chi connectivity index (χ0v) is 11.2. The van der Waals surface area contributed by atoms with Crippen LogP contribution in [-0.2, 0) is 11.3 Å². The summed E-state index contributed by atoms with van der Waals surface area (Å²) in [5.74, 6) is -0.0828. The molecule has 0 aliphatic carbocycles. The molecule has 0 saturated heterocycles. The number of amides is 1. The lowest BCUT2D eigenvalue weighted by atomic mass is 10.1. The average molecular weight is 276 g/mol. The highest BCUT2D eigenvalue weighted by molar-refractivity contribution is 6.29. The number of rotatable bonds is 4. The Morgan fingerprint density at radius 3 is 2.74 bits per heavy atom. The highest BCUT2D eigenvalue weighted by Gasteiger charge is 2.03. The first-order valence-electron chi connectivity index (χ1n) is 5.86. The number of pyridine rings is 1. The van der Waals surface area contributed by atoms with Crippen molar-refractivity contribution in [2.24, 2.45) is 0 Å². The van der Waals surface area contributed by atoms with Crippen LogP contribution in [0, 0.1) is 0 Å². The molecular weight excluding hydrogens is 262 g/mol. The van der Waals surface area contributed by atoms with Crippen molar-refractivity contribution >= 4 is 28.9 Å². The molecule has 4 nitrogen and oxygen atoms in total. The summed E-state index contributed by atoms with van der Waals surface area (Å²) in [6, 6.07) is 11.2. The molecule has 1 aromatic carbocycles. The van der Waals surface area contributed by atoms with Crippen molar-refractivity contribution in [1.29, 1.82) is 0 Å². The van der Waals surface area contributed by atoms with E-state index < -0.39 is 0 Å². The second kappa shape index (κ2) is 6.20. The average Bonchev–Trinajstić information content (AvgIpc) is 2.39. The molecule has 0 radical (unpaired) electrons. The maximum absolute atomic E-state index is 11.1. The molecule has 0 fully saturated rings. The summed E-state index contributed by atoms with van der Waals surface area (Å²) in [6.45, 7) is 2.09. The molecular formula is C14H14ClN3O. The van der Waals surface area contributed by atoms with E-state index in [4.69, 9.17) is 11.6 Å². The van der Waals surface area contributed by atoms with Gasteiger partial charge in [-0.2, -0.15) is 0 Å². The lowest BCUT2D eigenvalue weighted by Crippen LogP contribution is -2.10. The highest BCUT2D eigenvalue weighted by atomic mass is 35.5. The van der Waals surface area contributed by atoms with Crippen LogP contribution in [0.2, 0.25) is 5.15 Å². The number of anilines is 2. The van der Waals surface area contributed by atoms with Gasteiger partial charge in [-0.15, -0.1) is 0 Å². The molecule has 0 aliphatic heterocycles. The van der Waals surface area contributed by atoms with Crippen LogP contribution >= 0.6 is 11.6 Å². The number of carbonyl (C=O) groups excluding carboxylic acids is 1. The zero-order valence-electron chi connectivity index (χ0n) is 10.5. The van der Waals surface area contributed by atoms with Crippen molar-refractivity contribution in [1.82, 2.24) is 4.98 Å². The highest BCUT2D eigenvalue weighted by Crippen LogP contribution is 2.17. The molecule has 19 heavy (non-hydrogen) atoms. The number of nitrogens with zero attached hydrogens (tertiary/aromatic N) is 1. The summed E-state index contributed by atoms with van der Waals surface area (Å²) in [5, 5.41) is 6.49. The first-order valence-corrected chi connectivity index (χ1v) is 6.24. The number of halogens is 1. The number of aromatic nitrogens is 1. The molecule has 0 bridgehead atoms. The van der Waals surface area contributed by atoms with Crippen LogP contribution in [0.5, 0.6) is 0 Å². The van der Waals surface area contributed by atoms with Gasteiger partial charge in [-0.25, -0.2) is 4.98 Å². The van der Waals surface area contributed by atoms with Crippen LogP contribution in [0.25, 0.3) is 0 Å². The fraction of sp³-hybridized carbons (Fsp3) is 0.143. The Balaban J connectivity index is 2.06. The van der Waals surface area contributed by atoms with E-state index in [1.807, 2.05) is 30.3 Å². The topological polar surface area (TPSA) is 54.0 Å². The van der Waals surface area contributed by atoms with Crippen molar-refractivity contribution in [3.05, 3.63) is 53.3 Å². The minimum Gasteiger partial charge on any atom is -0.380 e. The fourth-order valence-electron chi connectivity index (χ4n) is 1.66. The standard InChI is InChI=1S/C14H14ClN3O/c1-10(19)18-13-5-3-2-4-11(13)8-16-12-6-7-14(15)17-9-12/h2-7,9,16H,8H2,1H3,(H,18,19). The lowest BCUT2D eigenvalue weighted by molar-refractivity contribution is -0.114. The minimum atomic E-state index is -0.0828. The van der Waals surface area contributed by atoms with E-state index in [1.54, 1.807) is 12.3 Å². The van der Waals surface area contributed by atoms with Gasteiger partial charge in [-0.1, -0.05) is 29.8 Å². The monoisotopic (exact) mass is 275 g/mol. The number of para-hydroxylation sites is 1. The molecule has 0 aliphatic rings. The molecule has 0 saturated carbocycles. The van der Waals surface area contributed by atoms with E-state index in [1.165, 1.54) is 6.92 Å². The Morgan fingerprint density at radius 2 is 2.05 bits per heavy atom. The molecule has 1 heterocycles. The predicted octanol–water partition coefficient (Wildman–Crippen LogP) is 3.31. The molecule has 2 N–H and O–H groups in total. The molecule has 0 spiro atoms. The predicted molar refractivity (Wildman–Crippen MR) is 77.3 cm³/mol. The van der Waals surface area contributed by atoms with E-state index in [0.29, 0.717) is 11.7 Å². The first kappa shape index (κ1) is 13.4. The number of nitrogens with one attached hydrogen (secondary N) is 2. The Labute approximate surface area is 116 Å². The number of benzene rings is 1. The lowest BCUT2D eigenvalue weighted by Gasteiger charge is -2.11. The molecule has 0 unspecified atom stereocenters. The maximum atomic E-state index is 11.1. The number of hydrogen-bond donors (Lipinski definition) is 2. The van der Waals surface area contributed by atoms with E-state index in [0.717, 1.165) is 16.9 Å². The molecule has 0 atom stereocenters. The maximum Gasteiger partial charge on any atom is 0.221 e. The summed E-state index contributed by atoms with van der Waals surface area (Å²) in [4.78, 5) is 15.1. The van der Waals surface area contributed by atoms with Crippen molar-refractivity contribution in [2.75, 3.05) is 10.6 Å². The quantitative estimate of drug-likeness (QED) is 0.842. The van der Waals surface area contributed by atoms with Gasteiger partial charge in [0.2, 0.25) is 5.91 Å². The van der Waals surface area contributed by atoms with Gasteiger partial charge >= 0.3 is 0 Å². The minimum absolute atomic E-state index is 0.0828. The van der Waals surface area contributed by atoms with E-state index in [9.17, 15) is 4.79 Å². The van der Waals surface area contributed by atoms with Gasteiger partial charge in [0.05, 0.1) is 11.9 Å². The van der Waals surface area contributed by atoms with E-state index in [2.05, 4.69) is 15.6 Å². The van der Waals surface area contributed by atoms with Crippen LogP contribution in [-0.4, -0.2) is 10.9 Å². The van der Waals surface area contributed by atoms with Crippen LogP contribution in [0.1, 0.15) is 12.5 Å². The normalized spacial score (nSPS) is 10.0. The van der Waals surface area contributed by atoms with Crippen molar-refractivity contribution in [2.45, 2.75) is 13.5 Å². The van der Waals surface area contributed by atoms with E-state index >= 15 is 0 Å². The van der Waals surface area contributed by atoms with E-state index in [-0.39, 0.29) is 5.91 Å². The smallest absolute Gasteiger partial charge is 0.221 e. The summed E-state index contributed by atoms with van der Waals surface area (Å²) in [7, 11) is 0. The Hall–Kier alpha value is -2.07. The van der Waals surface area contributed by atoms with Crippen molar-refractivity contribution in [3.8, 4) is 0 Å². The Morgan fingerprint density at radius 1 is 1.26 bits per heavy atom. The third-order valence-electron chi connectivity index (χ3n) is 2.54. The summed E-state index contributed by atoms with van der Waals surface area (Å²) in [5.41, 5.74) is 2.69. The second-order valence-electron chi connectivity index (χ2n) is 4.06. The van der Waals surface area contributed by atoms with Crippen LogP contribution < -0.4 is 10.6 Å². The molecule has 2 aromatic rings. The van der Waals surface area contributed by atoms with Gasteiger partial charge in [0.25, 0.3) is 0 Å². The van der Waals surface area contributed by atoms with Gasteiger partial charge in [-0.3, -0.25) is 4.79 Å². The van der Waals surface area contributed by atoms with Crippen molar-refractivity contribution < 1.29 is 4.79 Å². The zero-order chi connectivity index (χ0) is 13.7. The van der Waals surface area contributed by atoms with Gasteiger partial charge in [-0.05, 0) is 23.8 Å². The Kier molecular flexibility index (Phi) is 4.36. The summed E-state index contributed by atoms with van der Waals surface area (Å²) in [6.07, 6.45) is 1.67. The fourth-order valence-corrected chi connectivity index (χ4v) is 1.78. The Bertz CT molecular complexity index is 569. The molecule has 1 aromatic heterocycles. The largest absolute Gasteiger partial charge is 0.380 e. The molecule has 5 heteroatoms. The van der Waals surface area contributed by atoms with Crippen LogP contribution in [0.3, 0.4) is 0 Å². The van der Waals surface area contributed by atoms with Crippen LogP contribution in [0.15, 0.2) is 42.6 Å². The van der Waals surface area contributed by atoms with Gasteiger partial charge in [0.1, 0.15) is 5.15 Å². The summed E-state index contributed by atoms with van der Waals surface area (Å²) >= 11 is 5.72. The van der Waals surface area contributed by atoms with Crippen molar-refractivity contribution in [3.63, 3.8) is 0 Å². The van der Waals surface area contributed by atoms with Gasteiger partial charge < -0.3 is 10.6 Å². The first-order chi connectivity index (χ1) is 9.15. The second-order valence-corrected chi connectivity index (χ2v) is 4.45. The SMILES string of the molecule is CC(=O)Nc1ccccc1CNc1ccc(Cl)nc1. The third-order valence-corrected chi connectivity index (χ3v) is 2.76. The number of carbonyl (C=O) groups is 1. The third kappa shape index (κ3) is 3.96. The molecule has 98 valence electrons. The number of hydrogen-bond acceptors (Lipinski definition) is 3. The molecule has 1 amide bonds. The van der Waals surface area contributed by atoms with Crippen LogP contribution in [0.4, 0.5) is 11.4 Å². The summed E-state index contributed by atoms with van der Waals surface area (Å²) < 4.78 is 0. The van der Waals surface area contributed by atoms with Gasteiger partial charge in [0, 0.05) is 19.2 Å².